The fourth-order valence-corrected chi connectivity index (χ4v) is 2.76. The largest absolute Gasteiger partial charge is 0.481 e. The molecule has 3 rings (SSSR count). The van der Waals surface area contributed by atoms with Crippen LogP contribution >= 0.6 is 0 Å². The Bertz CT molecular complexity index is 656. The van der Waals surface area contributed by atoms with E-state index in [4.69, 9.17) is 4.42 Å². The zero-order chi connectivity index (χ0) is 15.5. The highest BCUT2D eigenvalue weighted by molar-refractivity contribution is 5.83. The predicted octanol–water partition coefficient (Wildman–Crippen LogP) is 2.46. The number of benzene rings is 1. The van der Waals surface area contributed by atoms with Crippen molar-refractivity contribution < 1.29 is 19.1 Å². The lowest BCUT2D eigenvalue weighted by Crippen LogP contribution is -2.30. The first-order chi connectivity index (χ1) is 10.6. The van der Waals surface area contributed by atoms with Crippen LogP contribution in [0.15, 0.2) is 47.3 Å². The number of fused-ring (bicyclic) bond motifs is 1. The Morgan fingerprint density at radius 2 is 1.77 bits per heavy atom. The number of carbonyl (C=O) groups excluding carboxylic acids is 1. The summed E-state index contributed by atoms with van der Waals surface area (Å²) in [4.78, 5) is 25.5. The third kappa shape index (κ3) is 3.03. The number of carbonyl (C=O) groups is 2. The summed E-state index contributed by atoms with van der Waals surface area (Å²) in [6.45, 7) is 1.00. The number of hydrogen-bond donors (Lipinski definition) is 1. The van der Waals surface area contributed by atoms with E-state index in [1.165, 1.54) is 0 Å². The quantitative estimate of drug-likeness (QED) is 0.920. The summed E-state index contributed by atoms with van der Waals surface area (Å²) in [5, 5.41) is 9.37. The third-order valence-corrected chi connectivity index (χ3v) is 4.00. The third-order valence-electron chi connectivity index (χ3n) is 4.00. The maximum absolute atomic E-state index is 12.3. The second-order valence-electron chi connectivity index (χ2n) is 5.60. The molecule has 0 spiro atoms. The summed E-state index contributed by atoms with van der Waals surface area (Å²) in [6, 6.07) is 9.39. The van der Waals surface area contributed by atoms with Gasteiger partial charge in [-0.2, -0.15) is 0 Å². The van der Waals surface area contributed by atoms with Crippen LogP contribution in [0.3, 0.4) is 0 Å². The van der Waals surface area contributed by atoms with Crippen molar-refractivity contribution in [2.24, 2.45) is 5.92 Å². The molecule has 22 heavy (non-hydrogen) atoms. The van der Waals surface area contributed by atoms with Gasteiger partial charge in [-0.3, -0.25) is 9.59 Å². The van der Waals surface area contributed by atoms with Gasteiger partial charge in [0.25, 0.3) is 0 Å². The van der Waals surface area contributed by atoms with Crippen molar-refractivity contribution in [2.75, 3.05) is 0 Å². The zero-order valence-corrected chi connectivity index (χ0v) is 12.1. The molecule has 0 unspecified atom stereocenters. The van der Waals surface area contributed by atoms with Crippen LogP contribution in [-0.4, -0.2) is 21.9 Å². The maximum Gasteiger partial charge on any atom is 0.307 e. The van der Waals surface area contributed by atoms with Gasteiger partial charge in [-0.15, -0.1) is 0 Å². The van der Waals surface area contributed by atoms with Gasteiger partial charge in [0.1, 0.15) is 0 Å². The van der Waals surface area contributed by atoms with E-state index in [0.717, 1.165) is 16.7 Å². The molecule has 1 aliphatic heterocycles. The Hall–Kier alpha value is -2.56. The van der Waals surface area contributed by atoms with Crippen LogP contribution in [0, 0.1) is 5.92 Å². The van der Waals surface area contributed by atoms with E-state index in [0.29, 0.717) is 19.5 Å². The van der Waals surface area contributed by atoms with Crippen molar-refractivity contribution >= 4 is 11.9 Å². The van der Waals surface area contributed by atoms with Gasteiger partial charge >= 0.3 is 5.97 Å². The first-order valence-corrected chi connectivity index (χ1v) is 7.22. The fourth-order valence-electron chi connectivity index (χ4n) is 2.76. The van der Waals surface area contributed by atoms with Crippen LogP contribution in [-0.2, 0) is 29.1 Å². The van der Waals surface area contributed by atoms with Crippen LogP contribution in [0.5, 0.6) is 0 Å². The molecule has 0 bridgehead atoms. The van der Waals surface area contributed by atoms with Crippen molar-refractivity contribution in [3.63, 3.8) is 0 Å². The number of aliphatic carboxylic acids is 1. The molecule has 1 amide bonds. The molecule has 1 N–H and O–H groups in total. The van der Waals surface area contributed by atoms with Gasteiger partial charge in [0, 0.05) is 30.6 Å². The van der Waals surface area contributed by atoms with E-state index < -0.39 is 11.9 Å². The van der Waals surface area contributed by atoms with E-state index in [2.05, 4.69) is 0 Å². The molecule has 0 saturated heterocycles. The van der Waals surface area contributed by atoms with E-state index in [1.807, 2.05) is 30.3 Å². The first kappa shape index (κ1) is 14.4. The molecular formula is C17H17NO4. The number of amides is 1. The minimum absolute atomic E-state index is 0.0195. The molecule has 1 aromatic carbocycles. The lowest BCUT2D eigenvalue weighted by atomic mass is 9.96. The molecule has 0 fully saturated rings. The maximum atomic E-state index is 12.3. The summed E-state index contributed by atoms with van der Waals surface area (Å²) in [5.74, 6) is -1.76. The molecule has 114 valence electrons. The van der Waals surface area contributed by atoms with E-state index in [9.17, 15) is 14.7 Å². The minimum atomic E-state index is -0.932. The fraction of sp³-hybridized carbons (Fsp3) is 0.294. The van der Waals surface area contributed by atoms with Crippen LogP contribution in [0.4, 0.5) is 0 Å². The van der Waals surface area contributed by atoms with Crippen LogP contribution in [0.2, 0.25) is 0 Å². The average molecular weight is 299 g/mol. The molecule has 0 radical (unpaired) electrons. The molecule has 0 aliphatic carbocycles. The second-order valence-corrected chi connectivity index (χ2v) is 5.60. The summed E-state index contributed by atoms with van der Waals surface area (Å²) in [5.41, 5.74) is 2.94. The van der Waals surface area contributed by atoms with Crippen LogP contribution in [0.25, 0.3) is 0 Å². The average Bonchev–Trinajstić information content (AvgIpc) is 3.08. The predicted molar refractivity (Wildman–Crippen MR) is 78.9 cm³/mol. The van der Waals surface area contributed by atoms with Crippen LogP contribution < -0.4 is 0 Å². The van der Waals surface area contributed by atoms with Crippen molar-refractivity contribution in [3.8, 4) is 0 Å². The highest BCUT2D eigenvalue weighted by Crippen LogP contribution is 2.25. The van der Waals surface area contributed by atoms with Gasteiger partial charge < -0.3 is 14.4 Å². The van der Waals surface area contributed by atoms with Crippen molar-refractivity contribution in [3.05, 3.63) is 59.5 Å². The molecule has 5 nitrogen and oxygen atoms in total. The normalized spacial score (nSPS) is 14.6. The number of furan rings is 1. The molecule has 1 aliphatic rings. The van der Waals surface area contributed by atoms with Crippen LogP contribution in [0.1, 0.15) is 23.1 Å². The van der Waals surface area contributed by atoms with Gasteiger partial charge in [0.05, 0.1) is 18.4 Å². The van der Waals surface area contributed by atoms with Gasteiger partial charge in [-0.25, -0.2) is 0 Å². The van der Waals surface area contributed by atoms with Crippen molar-refractivity contribution in [1.29, 1.82) is 0 Å². The Balaban J connectivity index is 1.63. The smallest absolute Gasteiger partial charge is 0.307 e. The molecule has 1 aromatic heterocycles. The van der Waals surface area contributed by atoms with E-state index in [1.54, 1.807) is 17.4 Å². The standard InChI is InChI=1S/C17H17NO4/c19-16(18-8-14-10-22-11-15(14)9-18)7-13(17(20)21)6-12-4-2-1-3-5-12/h1-5,10-11,13H,6-9H2,(H,20,21)/t13-/m0/s1. The molecule has 0 saturated carbocycles. The lowest BCUT2D eigenvalue weighted by Gasteiger charge is -2.19. The lowest BCUT2D eigenvalue weighted by molar-refractivity contribution is -0.146. The SMILES string of the molecule is O=C(O)[C@H](CC(=O)N1Cc2cocc2C1)Cc1ccccc1. The Kier molecular flexibility index (Phi) is 3.96. The molecule has 2 aromatic rings. The molecule has 2 heterocycles. The summed E-state index contributed by atoms with van der Waals surface area (Å²) < 4.78 is 5.08. The zero-order valence-electron chi connectivity index (χ0n) is 12.1. The van der Waals surface area contributed by atoms with Gasteiger partial charge in [-0.1, -0.05) is 30.3 Å². The molecular weight excluding hydrogens is 282 g/mol. The summed E-state index contributed by atoms with van der Waals surface area (Å²) in [7, 11) is 0. The van der Waals surface area contributed by atoms with Crippen molar-refractivity contribution in [1.82, 2.24) is 4.90 Å². The van der Waals surface area contributed by atoms with Gasteiger partial charge in [0.2, 0.25) is 5.91 Å². The summed E-state index contributed by atoms with van der Waals surface area (Å²) in [6.07, 6.45) is 3.67. The number of carboxylic acids is 1. The van der Waals surface area contributed by atoms with Gasteiger partial charge in [-0.05, 0) is 12.0 Å². The number of carboxylic acid groups (broad SMARTS) is 1. The first-order valence-electron chi connectivity index (χ1n) is 7.22. The molecule has 5 heteroatoms. The topological polar surface area (TPSA) is 70.8 Å². The summed E-state index contributed by atoms with van der Waals surface area (Å²) >= 11 is 0. The number of hydrogen-bond acceptors (Lipinski definition) is 3. The molecule has 1 atom stereocenters. The van der Waals surface area contributed by atoms with E-state index >= 15 is 0 Å². The highest BCUT2D eigenvalue weighted by atomic mass is 16.4. The number of rotatable bonds is 5. The minimum Gasteiger partial charge on any atom is -0.481 e. The number of nitrogens with zero attached hydrogens (tertiary/aromatic N) is 1. The second kappa shape index (κ2) is 6.05. The Labute approximate surface area is 128 Å². The highest BCUT2D eigenvalue weighted by Gasteiger charge is 2.29. The van der Waals surface area contributed by atoms with E-state index in [-0.39, 0.29) is 12.3 Å². The Morgan fingerprint density at radius 3 is 2.36 bits per heavy atom. The Morgan fingerprint density at radius 1 is 1.14 bits per heavy atom. The van der Waals surface area contributed by atoms with Gasteiger partial charge in [0.15, 0.2) is 0 Å². The van der Waals surface area contributed by atoms with Crippen molar-refractivity contribution in [2.45, 2.75) is 25.9 Å². The monoisotopic (exact) mass is 299 g/mol.